The van der Waals surface area contributed by atoms with Gasteiger partial charge in [-0.2, -0.15) is 10.1 Å². The molecule has 0 spiro atoms. The molecule has 4 N–H and O–H groups in total. The number of aryl methyl sites for hydroxylation is 1. The Bertz CT molecular complexity index is 2350. The van der Waals surface area contributed by atoms with E-state index in [1.165, 1.54) is 4.90 Å². The van der Waals surface area contributed by atoms with Crippen molar-refractivity contribution in [2.75, 3.05) is 29.9 Å². The number of hydrogen-bond donors (Lipinski definition) is 4. The zero-order valence-corrected chi connectivity index (χ0v) is 29.9. The number of pyridine rings is 1. The maximum Gasteiger partial charge on any atom is 0.255 e. The lowest BCUT2D eigenvalue weighted by atomic mass is 10.0. The lowest BCUT2D eigenvalue weighted by Crippen LogP contribution is -2.52. The first-order chi connectivity index (χ1) is 25.6. The summed E-state index contributed by atoms with van der Waals surface area (Å²) in [5.74, 6) is -0.0553. The van der Waals surface area contributed by atoms with Gasteiger partial charge in [0.05, 0.1) is 17.7 Å². The van der Waals surface area contributed by atoms with Gasteiger partial charge in [0.1, 0.15) is 6.04 Å². The molecule has 0 bridgehead atoms. The molecule has 0 radical (unpaired) electrons. The third-order valence-electron chi connectivity index (χ3n) is 10.0. The van der Waals surface area contributed by atoms with E-state index in [1.54, 1.807) is 47.4 Å². The van der Waals surface area contributed by atoms with Gasteiger partial charge in [0.25, 0.3) is 5.91 Å². The number of imide groups is 1. The molecule has 0 saturated carbocycles. The van der Waals surface area contributed by atoms with E-state index in [0.717, 1.165) is 22.4 Å². The van der Waals surface area contributed by atoms with Crippen molar-refractivity contribution in [3.05, 3.63) is 77.7 Å². The van der Waals surface area contributed by atoms with Crippen LogP contribution >= 0.6 is 0 Å². The van der Waals surface area contributed by atoms with Crippen molar-refractivity contribution >= 4 is 50.7 Å². The van der Waals surface area contributed by atoms with Gasteiger partial charge in [-0.05, 0) is 86.7 Å². The summed E-state index contributed by atoms with van der Waals surface area (Å²) in [6, 6.07) is 11.5. The third-order valence-corrected chi connectivity index (χ3v) is 11.5. The van der Waals surface area contributed by atoms with Gasteiger partial charge in [-0.1, -0.05) is 0 Å². The quantitative estimate of drug-likeness (QED) is 0.154. The molecule has 6 heterocycles. The second-order valence-corrected chi connectivity index (χ2v) is 15.1. The number of amides is 3. The molecule has 3 aliphatic rings. The van der Waals surface area contributed by atoms with Gasteiger partial charge >= 0.3 is 0 Å². The molecular weight excluding hydrogens is 701 g/mol. The standard InChI is InChI=1S/C36H38N10O6S/c1-3-52-32-27(23-18-37-38-19-23)12-15-46-33(32)41-36(42-46)39-29-7-5-26(16-21(29)2)53(50,51)43-24-10-13-44(14-11-24)25-4-6-28-22(17-25)20-45(35(28)49)30-8-9-31(47)40-34(30)48/h4-7,12,15-19,24,30,43H,3,8-11,13-14,20H2,1-2H3,(H,37,38)(H,39,42)(H,40,47,48). The number of piperidine rings is 2. The molecular formula is C36H38N10O6S. The van der Waals surface area contributed by atoms with Crippen molar-refractivity contribution in [2.45, 2.75) is 63.1 Å². The minimum atomic E-state index is -3.80. The fourth-order valence-corrected chi connectivity index (χ4v) is 8.64. The predicted molar refractivity (Wildman–Crippen MR) is 194 cm³/mol. The van der Waals surface area contributed by atoms with Crippen molar-refractivity contribution < 1.29 is 27.5 Å². The average molecular weight is 739 g/mol. The van der Waals surface area contributed by atoms with Crippen LogP contribution in [0.3, 0.4) is 0 Å². The Morgan fingerprint density at radius 3 is 2.58 bits per heavy atom. The van der Waals surface area contributed by atoms with E-state index in [4.69, 9.17) is 4.74 Å². The summed E-state index contributed by atoms with van der Waals surface area (Å²) < 4.78 is 37.5. The number of carbonyl (C=O) groups excluding carboxylic acids is 3. The van der Waals surface area contributed by atoms with Gasteiger partial charge in [-0.15, -0.1) is 5.10 Å². The van der Waals surface area contributed by atoms with Crippen LogP contribution in [0.5, 0.6) is 5.75 Å². The zero-order chi connectivity index (χ0) is 36.9. The summed E-state index contributed by atoms with van der Waals surface area (Å²) in [4.78, 5) is 45.7. The molecule has 5 aromatic rings. The van der Waals surface area contributed by atoms with Gasteiger partial charge in [0.2, 0.25) is 27.8 Å². The molecule has 53 heavy (non-hydrogen) atoms. The Hall–Kier alpha value is -5.81. The van der Waals surface area contributed by atoms with Crippen molar-refractivity contribution in [2.24, 2.45) is 0 Å². The third kappa shape index (κ3) is 6.57. The average Bonchev–Trinajstić information content (AvgIpc) is 3.89. The highest BCUT2D eigenvalue weighted by Gasteiger charge is 2.39. The minimum absolute atomic E-state index is 0.165. The second-order valence-electron chi connectivity index (χ2n) is 13.4. The molecule has 2 saturated heterocycles. The van der Waals surface area contributed by atoms with Crippen LogP contribution in [0.25, 0.3) is 16.8 Å². The monoisotopic (exact) mass is 738 g/mol. The van der Waals surface area contributed by atoms with E-state index in [0.29, 0.717) is 79.7 Å². The van der Waals surface area contributed by atoms with Crippen LogP contribution in [0, 0.1) is 6.92 Å². The number of hydrogen-bond acceptors (Lipinski definition) is 11. The fraction of sp³-hybridized carbons (Fsp3) is 0.333. The number of benzene rings is 2. The Balaban J connectivity index is 0.899. The van der Waals surface area contributed by atoms with Crippen molar-refractivity contribution in [1.29, 1.82) is 0 Å². The molecule has 1 atom stereocenters. The van der Waals surface area contributed by atoms with Crippen molar-refractivity contribution in [3.8, 4) is 16.9 Å². The maximum atomic E-state index is 13.5. The van der Waals surface area contributed by atoms with E-state index in [2.05, 4.69) is 40.5 Å². The van der Waals surface area contributed by atoms with E-state index in [1.807, 2.05) is 32.0 Å². The number of sulfonamides is 1. The Morgan fingerprint density at radius 2 is 1.85 bits per heavy atom. The highest BCUT2D eigenvalue weighted by atomic mass is 32.2. The van der Waals surface area contributed by atoms with Gasteiger partial charge in [0.15, 0.2) is 11.4 Å². The van der Waals surface area contributed by atoms with Crippen LogP contribution < -0.4 is 25.0 Å². The number of rotatable bonds is 10. The normalized spacial score (nSPS) is 18.1. The molecule has 16 nitrogen and oxygen atoms in total. The topological polar surface area (TPSA) is 196 Å². The van der Waals surface area contributed by atoms with E-state index < -0.39 is 22.0 Å². The summed E-state index contributed by atoms with van der Waals surface area (Å²) in [7, 11) is -3.80. The molecule has 1 unspecified atom stereocenters. The molecule has 3 aliphatic heterocycles. The number of nitrogens with one attached hydrogen (secondary N) is 4. The first kappa shape index (κ1) is 34.3. The highest BCUT2D eigenvalue weighted by Crippen LogP contribution is 2.35. The molecule has 3 amide bonds. The number of nitrogens with zero attached hydrogens (tertiary/aromatic N) is 6. The lowest BCUT2D eigenvalue weighted by Gasteiger charge is -2.34. The van der Waals surface area contributed by atoms with Crippen LogP contribution in [-0.4, -0.2) is 87.6 Å². The number of H-pyrrole nitrogens is 1. The summed E-state index contributed by atoms with van der Waals surface area (Å²) in [6.45, 7) is 5.72. The lowest BCUT2D eigenvalue weighted by molar-refractivity contribution is -0.136. The van der Waals surface area contributed by atoms with Crippen LogP contribution in [-0.2, 0) is 26.2 Å². The molecule has 3 aromatic heterocycles. The van der Waals surface area contributed by atoms with Crippen molar-refractivity contribution in [1.82, 2.24) is 39.7 Å². The van der Waals surface area contributed by atoms with Crippen LogP contribution in [0.2, 0.25) is 0 Å². The molecule has 2 fully saturated rings. The zero-order valence-electron chi connectivity index (χ0n) is 29.1. The SMILES string of the molecule is CCOc1c(-c2cn[nH]c2)ccn2nc(Nc3ccc(S(=O)(=O)NC4CCN(c5ccc6c(c5)CN(C5CCC(=O)NC5=O)C6=O)CC4)cc3C)nc12. The Labute approximate surface area is 305 Å². The molecule has 8 rings (SSSR count). The van der Waals surface area contributed by atoms with E-state index in [-0.39, 0.29) is 29.2 Å². The summed E-state index contributed by atoms with van der Waals surface area (Å²) in [5.41, 5.74) is 5.92. The minimum Gasteiger partial charge on any atom is -0.489 e. The van der Waals surface area contributed by atoms with Gasteiger partial charge in [-0.25, -0.2) is 17.7 Å². The van der Waals surface area contributed by atoms with Crippen molar-refractivity contribution in [3.63, 3.8) is 0 Å². The smallest absolute Gasteiger partial charge is 0.255 e. The second kappa shape index (κ2) is 13.6. The number of anilines is 3. The summed E-state index contributed by atoms with van der Waals surface area (Å²) in [6.07, 6.45) is 7.00. The number of aromatic amines is 1. The van der Waals surface area contributed by atoms with E-state index in [9.17, 15) is 22.8 Å². The number of ether oxygens (including phenoxy) is 1. The highest BCUT2D eigenvalue weighted by molar-refractivity contribution is 7.89. The van der Waals surface area contributed by atoms with E-state index >= 15 is 0 Å². The number of aromatic nitrogens is 5. The molecule has 2 aromatic carbocycles. The molecule has 274 valence electrons. The predicted octanol–water partition coefficient (Wildman–Crippen LogP) is 3.28. The molecule has 0 aliphatic carbocycles. The number of carbonyl (C=O) groups is 3. The first-order valence-corrected chi connectivity index (χ1v) is 19.0. The van der Waals surface area contributed by atoms with Crippen LogP contribution in [0.15, 0.2) is 66.0 Å². The Kier molecular flexibility index (Phi) is 8.82. The Morgan fingerprint density at radius 1 is 1.02 bits per heavy atom. The molecule has 17 heteroatoms. The van der Waals surface area contributed by atoms with Gasteiger partial charge in [0, 0.05) is 72.6 Å². The van der Waals surface area contributed by atoms with Gasteiger partial charge in [-0.3, -0.25) is 24.8 Å². The summed E-state index contributed by atoms with van der Waals surface area (Å²) >= 11 is 0. The van der Waals surface area contributed by atoms with Gasteiger partial charge < -0.3 is 19.9 Å². The summed E-state index contributed by atoms with van der Waals surface area (Å²) in [5, 5.41) is 17.0. The first-order valence-electron chi connectivity index (χ1n) is 17.5. The van der Waals surface area contributed by atoms with Crippen LogP contribution in [0.1, 0.15) is 54.1 Å². The van der Waals surface area contributed by atoms with Crippen LogP contribution in [0.4, 0.5) is 17.3 Å². The maximum absolute atomic E-state index is 13.5. The largest absolute Gasteiger partial charge is 0.489 e. The fourth-order valence-electron chi connectivity index (χ4n) is 7.25. The number of fused-ring (bicyclic) bond motifs is 2.